The minimum atomic E-state index is 0.270. The van der Waals surface area contributed by atoms with Crippen molar-refractivity contribution in [3.8, 4) is 0 Å². The number of unbranched alkanes of at least 4 members (excludes halogenated alkanes) is 10. The summed E-state index contributed by atoms with van der Waals surface area (Å²) in [5.41, 5.74) is 2.53. The third-order valence-electron chi connectivity index (χ3n) is 5.14. The van der Waals surface area contributed by atoms with E-state index in [0.717, 1.165) is 12.2 Å². The summed E-state index contributed by atoms with van der Waals surface area (Å²) in [5, 5.41) is 0. The molecule has 0 aliphatic carbocycles. The molecule has 0 saturated carbocycles. The molecule has 2 rings (SSSR count). The topological polar surface area (TPSA) is 9.23 Å². The molecule has 0 amide bonds. The van der Waals surface area contributed by atoms with Gasteiger partial charge < -0.3 is 4.74 Å². The zero-order valence-electron chi connectivity index (χ0n) is 16.1. The molecule has 1 aliphatic rings. The Morgan fingerprint density at radius 3 is 1.96 bits per heavy atom. The molecule has 1 saturated heterocycles. The molecule has 1 aromatic carbocycles. The molecule has 1 nitrogen and oxygen atoms in total. The number of benzene rings is 1. The molecular formula is C24H36O. The molecule has 1 aromatic rings. The van der Waals surface area contributed by atoms with Gasteiger partial charge in [-0.25, -0.2) is 0 Å². The van der Waals surface area contributed by atoms with Gasteiger partial charge in [-0.15, -0.1) is 0 Å². The molecule has 1 unspecified atom stereocenters. The predicted molar refractivity (Wildman–Crippen MR) is 110 cm³/mol. The summed E-state index contributed by atoms with van der Waals surface area (Å²) in [5.74, 6) is 0.858. The quantitative estimate of drug-likeness (QED) is 0.334. The number of ether oxygens (including phenoxy) is 1. The van der Waals surface area contributed by atoms with E-state index in [2.05, 4.69) is 49.9 Å². The first-order valence-electron chi connectivity index (χ1n) is 10.4. The Balaban J connectivity index is 1.51. The van der Waals surface area contributed by atoms with E-state index in [0.29, 0.717) is 0 Å². The summed E-state index contributed by atoms with van der Waals surface area (Å²) in [6.07, 6.45) is 18.9. The van der Waals surface area contributed by atoms with Crippen LogP contribution in [0.25, 0.3) is 6.08 Å². The van der Waals surface area contributed by atoms with E-state index in [1.54, 1.807) is 0 Å². The fraction of sp³-hybridized carbons (Fsp3) is 0.583. The van der Waals surface area contributed by atoms with Crippen molar-refractivity contribution in [1.82, 2.24) is 0 Å². The maximum Gasteiger partial charge on any atom is 0.127 e. The Hall–Kier alpha value is -1.50. The van der Waals surface area contributed by atoms with E-state index >= 15 is 0 Å². The molecular weight excluding hydrogens is 304 g/mol. The smallest absolute Gasteiger partial charge is 0.127 e. The van der Waals surface area contributed by atoms with Crippen molar-refractivity contribution in [3.63, 3.8) is 0 Å². The maximum atomic E-state index is 5.75. The van der Waals surface area contributed by atoms with E-state index < -0.39 is 0 Å². The molecule has 1 aliphatic heterocycles. The highest BCUT2D eigenvalue weighted by atomic mass is 16.5. The fourth-order valence-electron chi connectivity index (χ4n) is 3.54. The average molecular weight is 341 g/mol. The van der Waals surface area contributed by atoms with E-state index in [1.165, 1.54) is 81.8 Å². The van der Waals surface area contributed by atoms with Crippen molar-refractivity contribution in [2.24, 2.45) is 0 Å². The van der Waals surface area contributed by atoms with Crippen LogP contribution in [0.3, 0.4) is 0 Å². The third kappa shape index (κ3) is 7.50. The standard InChI is InChI=1S/C24H36O/c1-3-4-5-6-7-8-9-10-11-12-16-19-24-23(21(2)25-24)20-22-17-14-13-15-18-22/h13-15,17-18,20,24H,2-12,16,19H2,1H3/b23-20+. The molecule has 138 valence electrons. The van der Waals surface area contributed by atoms with Crippen molar-refractivity contribution < 1.29 is 4.74 Å². The van der Waals surface area contributed by atoms with Crippen LogP contribution in [0.1, 0.15) is 89.5 Å². The van der Waals surface area contributed by atoms with Crippen LogP contribution in [-0.4, -0.2) is 6.10 Å². The molecule has 25 heavy (non-hydrogen) atoms. The monoisotopic (exact) mass is 340 g/mol. The molecule has 1 atom stereocenters. The lowest BCUT2D eigenvalue weighted by Crippen LogP contribution is -2.28. The second kappa shape index (κ2) is 12.0. The van der Waals surface area contributed by atoms with Crippen LogP contribution in [-0.2, 0) is 4.74 Å². The maximum absolute atomic E-state index is 5.75. The molecule has 1 fully saturated rings. The lowest BCUT2D eigenvalue weighted by Gasteiger charge is -2.33. The van der Waals surface area contributed by atoms with Crippen molar-refractivity contribution in [2.45, 2.75) is 90.1 Å². The number of hydrogen-bond acceptors (Lipinski definition) is 1. The van der Waals surface area contributed by atoms with Crippen LogP contribution < -0.4 is 0 Å². The summed E-state index contributed by atoms with van der Waals surface area (Å²) in [6.45, 7) is 6.29. The molecule has 1 heterocycles. The van der Waals surface area contributed by atoms with Crippen LogP contribution >= 0.6 is 0 Å². The van der Waals surface area contributed by atoms with Gasteiger partial charge in [0.05, 0.1) is 0 Å². The summed E-state index contributed by atoms with van der Waals surface area (Å²) in [4.78, 5) is 0. The third-order valence-corrected chi connectivity index (χ3v) is 5.14. The van der Waals surface area contributed by atoms with Crippen molar-refractivity contribution in [3.05, 3.63) is 53.8 Å². The van der Waals surface area contributed by atoms with Crippen molar-refractivity contribution >= 4 is 6.08 Å². The summed E-state index contributed by atoms with van der Waals surface area (Å²) < 4.78 is 5.75. The fourth-order valence-corrected chi connectivity index (χ4v) is 3.54. The van der Waals surface area contributed by atoms with Crippen LogP contribution in [0.5, 0.6) is 0 Å². The second-order valence-electron chi connectivity index (χ2n) is 7.36. The predicted octanol–water partition coefficient (Wildman–Crippen LogP) is 7.68. The molecule has 0 bridgehead atoms. The first kappa shape index (κ1) is 19.8. The van der Waals surface area contributed by atoms with Gasteiger partial charge in [0.15, 0.2) is 0 Å². The first-order chi connectivity index (χ1) is 12.3. The SMILES string of the molecule is C=C1OC(CCCCCCCCCCCCC)/C1=C/c1ccccc1. The molecule has 0 spiro atoms. The zero-order chi connectivity index (χ0) is 17.7. The van der Waals surface area contributed by atoms with Gasteiger partial charge in [-0.2, -0.15) is 0 Å². The van der Waals surface area contributed by atoms with E-state index in [-0.39, 0.29) is 6.10 Å². The van der Waals surface area contributed by atoms with Crippen LogP contribution in [0.15, 0.2) is 48.2 Å². The van der Waals surface area contributed by atoms with Gasteiger partial charge in [-0.3, -0.25) is 0 Å². The summed E-state index contributed by atoms with van der Waals surface area (Å²) >= 11 is 0. The number of hydrogen-bond donors (Lipinski definition) is 0. The normalized spacial score (nSPS) is 18.2. The average Bonchev–Trinajstić information content (AvgIpc) is 2.64. The van der Waals surface area contributed by atoms with Gasteiger partial charge in [-0.1, -0.05) is 108 Å². The largest absolute Gasteiger partial charge is 0.486 e. The zero-order valence-corrected chi connectivity index (χ0v) is 16.1. The lowest BCUT2D eigenvalue weighted by atomic mass is 9.94. The number of rotatable bonds is 13. The van der Waals surface area contributed by atoms with Crippen molar-refractivity contribution in [2.75, 3.05) is 0 Å². The summed E-state index contributed by atoms with van der Waals surface area (Å²) in [7, 11) is 0. The Morgan fingerprint density at radius 1 is 0.840 bits per heavy atom. The van der Waals surface area contributed by atoms with Gasteiger partial charge in [0.2, 0.25) is 0 Å². The summed E-state index contributed by atoms with van der Waals surface area (Å²) in [6, 6.07) is 10.5. The van der Waals surface area contributed by atoms with Crippen LogP contribution in [0.4, 0.5) is 0 Å². The van der Waals surface area contributed by atoms with Crippen molar-refractivity contribution in [1.29, 1.82) is 0 Å². The Bertz CT molecular complexity index is 514. The Morgan fingerprint density at radius 2 is 1.40 bits per heavy atom. The van der Waals surface area contributed by atoms with Gasteiger partial charge in [0.1, 0.15) is 11.9 Å². The Kier molecular flexibility index (Phi) is 9.47. The molecule has 0 aromatic heterocycles. The van der Waals surface area contributed by atoms with E-state index in [9.17, 15) is 0 Å². The molecule has 0 radical (unpaired) electrons. The van der Waals surface area contributed by atoms with Gasteiger partial charge in [-0.05, 0) is 24.5 Å². The highest BCUT2D eigenvalue weighted by Gasteiger charge is 2.29. The van der Waals surface area contributed by atoms with Crippen LogP contribution in [0, 0.1) is 0 Å². The molecule has 1 heteroatoms. The first-order valence-corrected chi connectivity index (χ1v) is 10.4. The Labute approximate surface area is 155 Å². The highest BCUT2D eigenvalue weighted by molar-refractivity contribution is 5.60. The van der Waals surface area contributed by atoms with E-state index in [1.807, 2.05) is 0 Å². The minimum absolute atomic E-state index is 0.270. The molecule has 0 N–H and O–H groups in total. The van der Waals surface area contributed by atoms with Gasteiger partial charge in [0, 0.05) is 5.57 Å². The van der Waals surface area contributed by atoms with Crippen LogP contribution in [0.2, 0.25) is 0 Å². The van der Waals surface area contributed by atoms with Gasteiger partial charge in [0.25, 0.3) is 0 Å². The minimum Gasteiger partial charge on any atom is -0.486 e. The lowest BCUT2D eigenvalue weighted by molar-refractivity contribution is 0.0767. The van der Waals surface area contributed by atoms with E-state index in [4.69, 9.17) is 4.74 Å². The second-order valence-corrected chi connectivity index (χ2v) is 7.36. The van der Waals surface area contributed by atoms with Gasteiger partial charge >= 0.3 is 0 Å². The highest BCUT2D eigenvalue weighted by Crippen LogP contribution is 2.35.